The van der Waals surface area contributed by atoms with Crippen LogP contribution >= 0.6 is 11.6 Å². The predicted molar refractivity (Wildman–Crippen MR) is 110 cm³/mol. The number of rotatable bonds is 7. The van der Waals surface area contributed by atoms with Crippen LogP contribution in [0.25, 0.3) is 0 Å². The summed E-state index contributed by atoms with van der Waals surface area (Å²) in [4.78, 5) is 4.26. The van der Waals surface area contributed by atoms with Crippen molar-refractivity contribution >= 4 is 17.6 Å². The van der Waals surface area contributed by atoms with Gasteiger partial charge in [-0.15, -0.1) is 0 Å². The minimum absolute atomic E-state index is 0.0677. The normalized spacial score (nSPS) is 18.5. The smallest absolute Gasteiger partial charge is 0.191 e. The van der Waals surface area contributed by atoms with Crippen molar-refractivity contribution in [3.8, 4) is 11.5 Å². The standard InChI is InChI=1S/C21H25ClFN3O2/c1-24-21(25-10-9-13-7-8-18(27-2)19(11-13)28-3)26-17-12-14(17)20-15(22)5-4-6-16(20)23/h4-8,11,14,17H,9-10,12H2,1-3H3,(H2,24,25,26). The van der Waals surface area contributed by atoms with E-state index in [1.165, 1.54) is 6.07 Å². The van der Waals surface area contributed by atoms with Crippen LogP contribution < -0.4 is 20.1 Å². The third-order valence-corrected chi connectivity index (χ3v) is 5.19. The summed E-state index contributed by atoms with van der Waals surface area (Å²) < 4.78 is 24.7. The molecule has 0 saturated heterocycles. The van der Waals surface area contributed by atoms with Crippen molar-refractivity contribution in [1.29, 1.82) is 0 Å². The summed E-state index contributed by atoms with van der Waals surface area (Å²) >= 11 is 6.17. The number of halogens is 2. The predicted octanol–water partition coefficient (Wildman–Crippen LogP) is 3.76. The summed E-state index contributed by atoms with van der Waals surface area (Å²) in [6, 6.07) is 10.8. The molecule has 1 fully saturated rings. The molecule has 2 unspecified atom stereocenters. The number of hydrogen-bond donors (Lipinski definition) is 2. The van der Waals surface area contributed by atoms with Gasteiger partial charge in [-0.2, -0.15) is 0 Å². The van der Waals surface area contributed by atoms with Crippen molar-refractivity contribution < 1.29 is 13.9 Å². The molecule has 0 heterocycles. The van der Waals surface area contributed by atoms with E-state index in [9.17, 15) is 4.39 Å². The lowest BCUT2D eigenvalue weighted by molar-refractivity contribution is 0.354. The Bertz CT molecular complexity index is 839. The lowest BCUT2D eigenvalue weighted by Gasteiger charge is -2.13. The van der Waals surface area contributed by atoms with Crippen LogP contribution in [0.4, 0.5) is 4.39 Å². The van der Waals surface area contributed by atoms with Gasteiger partial charge in [0.2, 0.25) is 0 Å². The molecule has 5 nitrogen and oxygen atoms in total. The molecular weight excluding hydrogens is 381 g/mol. The minimum atomic E-state index is -0.252. The first-order chi connectivity index (χ1) is 13.6. The fourth-order valence-electron chi connectivity index (χ4n) is 3.27. The van der Waals surface area contributed by atoms with Gasteiger partial charge in [0.15, 0.2) is 17.5 Å². The molecule has 0 spiro atoms. The number of hydrogen-bond acceptors (Lipinski definition) is 3. The quantitative estimate of drug-likeness (QED) is 0.544. The molecule has 0 radical (unpaired) electrons. The molecule has 0 amide bonds. The second kappa shape index (κ2) is 9.15. The van der Waals surface area contributed by atoms with Gasteiger partial charge in [-0.1, -0.05) is 23.7 Å². The molecule has 1 saturated carbocycles. The van der Waals surface area contributed by atoms with Crippen LogP contribution in [0.15, 0.2) is 41.4 Å². The molecule has 0 bridgehead atoms. The van der Waals surface area contributed by atoms with E-state index >= 15 is 0 Å². The molecule has 2 N–H and O–H groups in total. The maximum atomic E-state index is 14.1. The van der Waals surface area contributed by atoms with Crippen LogP contribution in [0.3, 0.4) is 0 Å². The molecule has 1 aliphatic rings. The highest BCUT2D eigenvalue weighted by Gasteiger charge is 2.41. The Labute approximate surface area is 169 Å². The van der Waals surface area contributed by atoms with Gasteiger partial charge in [0.05, 0.1) is 14.2 Å². The van der Waals surface area contributed by atoms with E-state index in [0.717, 1.165) is 18.4 Å². The Morgan fingerprint density at radius 2 is 2.00 bits per heavy atom. The largest absolute Gasteiger partial charge is 0.493 e. The first kappa shape index (κ1) is 20.3. The molecule has 2 aromatic rings. The van der Waals surface area contributed by atoms with Crippen LogP contribution in [-0.2, 0) is 6.42 Å². The summed E-state index contributed by atoms with van der Waals surface area (Å²) in [5.74, 6) is 1.94. The van der Waals surface area contributed by atoms with E-state index in [4.69, 9.17) is 21.1 Å². The lowest BCUT2D eigenvalue weighted by atomic mass is 10.1. The summed E-state index contributed by atoms with van der Waals surface area (Å²) in [7, 11) is 4.97. The lowest BCUT2D eigenvalue weighted by Crippen LogP contribution is -2.40. The second-order valence-electron chi connectivity index (χ2n) is 6.67. The van der Waals surface area contributed by atoms with Crippen molar-refractivity contribution in [3.05, 3.63) is 58.4 Å². The highest BCUT2D eigenvalue weighted by molar-refractivity contribution is 6.31. The van der Waals surface area contributed by atoms with Crippen molar-refractivity contribution in [2.24, 2.45) is 4.99 Å². The number of guanidine groups is 1. The molecule has 2 atom stereocenters. The van der Waals surface area contributed by atoms with Crippen LogP contribution in [0.2, 0.25) is 5.02 Å². The van der Waals surface area contributed by atoms with Gasteiger partial charge in [0, 0.05) is 36.1 Å². The van der Waals surface area contributed by atoms with Crippen LogP contribution in [-0.4, -0.2) is 39.8 Å². The van der Waals surface area contributed by atoms with Gasteiger partial charge in [-0.05, 0) is 42.7 Å². The van der Waals surface area contributed by atoms with E-state index < -0.39 is 0 Å². The zero-order valence-electron chi connectivity index (χ0n) is 16.3. The van der Waals surface area contributed by atoms with Gasteiger partial charge in [0.25, 0.3) is 0 Å². The van der Waals surface area contributed by atoms with Crippen LogP contribution in [0, 0.1) is 5.82 Å². The van der Waals surface area contributed by atoms with Crippen molar-refractivity contribution in [2.45, 2.75) is 24.8 Å². The summed E-state index contributed by atoms with van der Waals surface area (Å²) in [5.41, 5.74) is 1.71. The molecule has 150 valence electrons. The summed E-state index contributed by atoms with van der Waals surface area (Å²) in [6.45, 7) is 0.701. The first-order valence-corrected chi connectivity index (χ1v) is 9.57. The van der Waals surface area contributed by atoms with E-state index in [0.29, 0.717) is 34.6 Å². The second-order valence-corrected chi connectivity index (χ2v) is 7.07. The maximum absolute atomic E-state index is 14.1. The molecule has 2 aromatic carbocycles. The van der Waals surface area contributed by atoms with Crippen molar-refractivity contribution in [2.75, 3.05) is 27.8 Å². The Morgan fingerprint density at radius 3 is 2.68 bits per heavy atom. The summed E-state index contributed by atoms with van der Waals surface area (Å²) in [5, 5.41) is 7.11. The van der Waals surface area contributed by atoms with Gasteiger partial charge in [0.1, 0.15) is 5.82 Å². The highest BCUT2D eigenvalue weighted by Crippen LogP contribution is 2.44. The molecule has 1 aliphatic carbocycles. The number of benzene rings is 2. The molecular formula is C21H25ClFN3O2. The Kier molecular flexibility index (Phi) is 6.62. The Hall–Kier alpha value is -2.47. The minimum Gasteiger partial charge on any atom is -0.493 e. The fraction of sp³-hybridized carbons (Fsp3) is 0.381. The highest BCUT2D eigenvalue weighted by atomic mass is 35.5. The zero-order chi connectivity index (χ0) is 20.1. The topological polar surface area (TPSA) is 54.9 Å². The van der Waals surface area contributed by atoms with E-state index in [-0.39, 0.29) is 17.8 Å². The number of aliphatic imine (C=N–C) groups is 1. The zero-order valence-corrected chi connectivity index (χ0v) is 17.0. The fourth-order valence-corrected chi connectivity index (χ4v) is 3.57. The van der Waals surface area contributed by atoms with Gasteiger partial charge in [-0.3, -0.25) is 4.99 Å². The van der Waals surface area contributed by atoms with Gasteiger partial charge >= 0.3 is 0 Å². The van der Waals surface area contributed by atoms with Crippen LogP contribution in [0.5, 0.6) is 11.5 Å². The van der Waals surface area contributed by atoms with Crippen molar-refractivity contribution in [3.63, 3.8) is 0 Å². The number of nitrogens with zero attached hydrogens (tertiary/aromatic N) is 1. The first-order valence-electron chi connectivity index (χ1n) is 9.19. The maximum Gasteiger partial charge on any atom is 0.191 e. The third-order valence-electron chi connectivity index (χ3n) is 4.86. The number of ether oxygens (including phenoxy) is 2. The molecule has 3 rings (SSSR count). The number of methoxy groups -OCH3 is 2. The molecule has 0 aromatic heterocycles. The SMILES string of the molecule is CN=C(NCCc1ccc(OC)c(OC)c1)NC1CC1c1c(F)cccc1Cl. The van der Waals surface area contributed by atoms with Gasteiger partial charge < -0.3 is 20.1 Å². The van der Waals surface area contributed by atoms with Crippen molar-refractivity contribution in [1.82, 2.24) is 10.6 Å². The monoisotopic (exact) mass is 405 g/mol. The number of nitrogens with one attached hydrogen (secondary N) is 2. The molecule has 0 aliphatic heterocycles. The third kappa shape index (κ3) is 4.68. The average molecular weight is 406 g/mol. The van der Waals surface area contributed by atoms with E-state index in [1.807, 2.05) is 18.2 Å². The van der Waals surface area contributed by atoms with E-state index in [2.05, 4.69) is 15.6 Å². The van der Waals surface area contributed by atoms with E-state index in [1.54, 1.807) is 33.4 Å². The molecule has 7 heteroatoms. The Morgan fingerprint density at radius 1 is 1.21 bits per heavy atom. The Balaban J connectivity index is 1.51. The molecule has 28 heavy (non-hydrogen) atoms. The van der Waals surface area contributed by atoms with Gasteiger partial charge in [-0.25, -0.2) is 4.39 Å². The summed E-state index contributed by atoms with van der Waals surface area (Å²) in [6.07, 6.45) is 1.63. The average Bonchev–Trinajstić information content (AvgIpc) is 3.45. The van der Waals surface area contributed by atoms with Crippen LogP contribution in [0.1, 0.15) is 23.5 Å².